The van der Waals surface area contributed by atoms with Crippen LogP contribution < -0.4 is 0 Å². The molecule has 4 aromatic rings. The van der Waals surface area contributed by atoms with E-state index in [1.807, 2.05) is 22.7 Å². The zero-order valence-corrected chi connectivity index (χ0v) is 20.5. The number of hydrogen-bond donors (Lipinski definition) is 0. The summed E-state index contributed by atoms with van der Waals surface area (Å²) in [5.74, 6) is 1.31. The average Bonchev–Trinajstić information content (AvgIpc) is 3.29. The number of hydrogen-bond acceptors (Lipinski definition) is 6. The lowest BCUT2D eigenvalue weighted by molar-refractivity contribution is 0.649. The Morgan fingerprint density at radius 1 is 0.679 bits per heavy atom. The minimum Gasteiger partial charge on any atom is -0.222 e. The van der Waals surface area contributed by atoms with Gasteiger partial charge in [0.1, 0.15) is 10.0 Å². The average molecular weight is 447 g/mol. The summed E-state index contributed by atoms with van der Waals surface area (Å²) in [5, 5.41) is 2.28. The Hall–Kier alpha value is -1.08. The normalized spacial score (nSPS) is 12.1. The monoisotopic (exact) mass is 446 g/mol. The lowest BCUT2D eigenvalue weighted by Crippen LogP contribution is -1.93. The number of fused-ring (bicyclic) bond motifs is 1. The summed E-state index contributed by atoms with van der Waals surface area (Å²) in [7, 11) is 0. The van der Waals surface area contributed by atoms with E-state index in [9.17, 15) is 0 Å². The molecule has 0 aliphatic carbocycles. The van der Waals surface area contributed by atoms with Gasteiger partial charge in [0.25, 0.3) is 0 Å². The van der Waals surface area contributed by atoms with Gasteiger partial charge in [0, 0.05) is 9.75 Å². The number of thiophene rings is 2. The van der Waals surface area contributed by atoms with Crippen LogP contribution in [0.25, 0.3) is 29.4 Å². The van der Waals surface area contributed by atoms with E-state index in [2.05, 4.69) is 53.7 Å². The quantitative estimate of drug-likeness (QED) is 0.298. The maximum absolute atomic E-state index is 5.00. The Morgan fingerprint density at radius 3 is 1.43 bits per heavy atom. The maximum atomic E-state index is 5.00. The van der Waals surface area contributed by atoms with Gasteiger partial charge in [-0.2, -0.15) is 0 Å². The van der Waals surface area contributed by atoms with Gasteiger partial charge in [-0.05, 0) is 61.8 Å². The predicted octanol–water partition coefficient (Wildman–Crippen LogP) is 8.22. The summed E-state index contributed by atoms with van der Waals surface area (Å²) in [6, 6.07) is 4.67. The van der Waals surface area contributed by atoms with Crippen LogP contribution in [-0.4, -0.2) is 9.97 Å². The van der Waals surface area contributed by atoms with Gasteiger partial charge in [-0.25, -0.2) is 9.97 Å². The van der Waals surface area contributed by atoms with Crippen LogP contribution in [-0.2, 0) is 12.8 Å². The molecule has 0 fully saturated rings. The van der Waals surface area contributed by atoms with E-state index in [-0.39, 0.29) is 0 Å². The van der Waals surface area contributed by atoms with Crippen molar-refractivity contribution in [2.75, 3.05) is 0 Å². The molecular weight excluding hydrogens is 421 g/mol. The number of nitrogens with zero attached hydrogens (tertiary/aromatic N) is 2. The molecule has 0 atom stereocenters. The molecule has 4 heterocycles. The SMILES string of the molecule is Cc1cc(CC(C)C)c(-c2nc3sc(-c4sc(C)cc4CC(C)C)nc3s2)s1. The molecule has 28 heavy (non-hydrogen) atoms. The molecule has 0 aliphatic rings. The topological polar surface area (TPSA) is 25.8 Å². The molecule has 0 aromatic carbocycles. The Kier molecular flexibility index (Phi) is 5.76. The second-order valence-electron chi connectivity index (χ2n) is 8.27. The third kappa shape index (κ3) is 4.11. The van der Waals surface area contributed by atoms with Crippen LogP contribution >= 0.6 is 45.3 Å². The van der Waals surface area contributed by atoms with E-state index in [0.29, 0.717) is 11.8 Å². The molecule has 2 nitrogen and oxygen atoms in total. The zero-order chi connectivity index (χ0) is 20.0. The summed E-state index contributed by atoms with van der Waals surface area (Å²) >= 11 is 7.24. The number of aryl methyl sites for hydroxylation is 2. The fraction of sp³-hybridized carbons (Fsp3) is 0.455. The molecule has 0 aliphatic heterocycles. The fourth-order valence-corrected chi connectivity index (χ4v) is 7.87. The summed E-state index contributed by atoms with van der Waals surface area (Å²) in [5.41, 5.74) is 2.87. The standard InChI is InChI=1S/C22H26N2S4/c1-11(2)7-15-9-13(5)25-17(15)19-23-21-22(27-19)24-20(28-21)18-16(8-12(3)4)10-14(6)26-18/h9-12H,7-8H2,1-6H3. The van der Waals surface area contributed by atoms with Crippen LogP contribution in [0.3, 0.4) is 0 Å². The van der Waals surface area contributed by atoms with Gasteiger partial charge in [-0.1, -0.05) is 50.4 Å². The second-order valence-corrected chi connectivity index (χ2v) is 12.7. The molecular formula is C22H26N2S4. The third-order valence-corrected chi connectivity index (χ3v) is 9.01. The van der Waals surface area contributed by atoms with E-state index >= 15 is 0 Å². The highest BCUT2D eigenvalue weighted by Crippen LogP contribution is 2.43. The van der Waals surface area contributed by atoms with Crippen molar-refractivity contribution < 1.29 is 0 Å². The molecule has 0 saturated heterocycles. The molecule has 0 amide bonds. The first kappa shape index (κ1) is 20.2. The van der Waals surface area contributed by atoms with E-state index in [4.69, 9.17) is 9.97 Å². The van der Waals surface area contributed by atoms with Crippen LogP contribution in [0.2, 0.25) is 0 Å². The highest BCUT2D eigenvalue weighted by Gasteiger charge is 2.20. The predicted molar refractivity (Wildman–Crippen MR) is 128 cm³/mol. The fourth-order valence-electron chi connectivity index (χ4n) is 3.51. The molecule has 0 saturated carbocycles. The van der Waals surface area contributed by atoms with Gasteiger partial charge >= 0.3 is 0 Å². The van der Waals surface area contributed by atoms with Crippen LogP contribution in [0.15, 0.2) is 12.1 Å². The number of thiazole rings is 2. The van der Waals surface area contributed by atoms with Gasteiger partial charge in [0.2, 0.25) is 0 Å². The summed E-state index contributed by atoms with van der Waals surface area (Å²) in [6.07, 6.45) is 2.22. The number of aromatic nitrogens is 2. The van der Waals surface area contributed by atoms with E-state index < -0.39 is 0 Å². The maximum Gasteiger partial charge on any atom is 0.155 e. The first-order valence-corrected chi connectivity index (χ1v) is 13.0. The first-order chi connectivity index (χ1) is 13.3. The van der Waals surface area contributed by atoms with Crippen molar-refractivity contribution in [2.24, 2.45) is 11.8 Å². The molecule has 0 spiro atoms. The van der Waals surface area contributed by atoms with Crippen LogP contribution in [0.5, 0.6) is 0 Å². The summed E-state index contributed by atoms with van der Waals surface area (Å²) in [6.45, 7) is 13.5. The summed E-state index contributed by atoms with van der Waals surface area (Å²) in [4.78, 5) is 17.6. The van der Waals surface area contributed by atoms with Crippen molar-refractivity contribution in [3.8, 4) is 19.8 Å². The third-order valence-electron chi connectivity index (χ3n) is 4.49. The van der Waals surface area contributed by atoms with Crippen molar-refractivity contribution in [3.63, 3.8) is 0 Å². The minimum atomic E-state index is 0.653. The van der Waals surface area contributed by atoms with Crippen molar-refractivity contribution in [3.05, 3.63) is 33.0 Å². The second kappa shape index (κ2) is 7.98. The Morgan fingerprint density at radius 2 is 1.07 bits per heavy atom. The van der Waals surface area contributed by atoms with Gasteiger partial charge in [0.15, 0.2) is 9.66 Å². The van der Waals surface area contributed by atoms with Crippen molar-refractivity contribution >= 4 is 55.0 Å². The van der Waals surface area contributed by atoms with Crippen molar-refractivity contribution in [1.82, 2.24) is 9.97 Å². The van der Waals surface area contributed by atoms with E-state index in [1.165, 1.54) is 30.6 Å². The zero-order valence-electron chi connectivity index (χ0n) is 17.3. The van der Waals surface area contributed by atoms with E-state index in [1.54, 1.807) is 22.7 Å². The molecule has 0 N–H and O–H groups in total. The van der Waals surface area contributed by atoms with Crippen molar-refractivity contribution in [1.29, 1.82) is 0 Å². The van der Waals surface area contributed by atoms with Gasteiger partial charge in [-0.15, -0.1) is 22.7 Å². The molecule has 4 rings (SSSR count). The van der Waals surface area contributed by atoms with Gasteiger partial charge in [-0.3, -0.25) is 0 Å². The molecule has 0 bridgehead atoms. The smallest absolute Gasteiger partial charge is 0.155 e. The minimum absolute atomic E-state index is 0.653. The van der Waals surface area contributed by atoms with Gasteiger partial charge < -0.3 is 0 Å². The molecule has 148 valence electrons. The highest BCUT2D eigenvalue weighted by molar-refractivity contribution is 7.32. The van der Waals surface area contributed by atoms with Crippen LogP contribution in [0.4, 0.5) is 0 Å². The molecule has 0 radical (unpaired) electrons. The van der Waals surface area contributed by atoms with Gasteiger partial charge in [0.05, 0.1) is 9.75 Å². The highest BCUT2D eigenvalue weighted by atomic mass is 32.1. The number of rotatable bonds is 6. The largest absolute Gasteiger partial charge is 0.222 e. The van der Waals surface area contributed by atoms with Crippen molar-refractivity contribution in [2.45, 2.75) is 54.4 Å². The summed E-state index contributed by atoms with van der Waals surface area (Å²) < 4.78 is 0. The Bertz CT molecular complexity index is 992. The Labute approximate surface area is 183 Å². The lowest BCUT2D eigenvalue weighted by Gasteiger charge is -2.04. The first-order valence-electron chi connectivity index (χ1n) is 9.77. The molecule has 0 unspecified atom stereocenters. The lowest BCUT2D eigenvalue weighted by atomic mass is 10.0. The molecule has 4 aromatic heterocycles. The Balaban J connectivity index is 1.71. The molecule has 6 heteroatoms. The van der Waals surface area contributed by atoms with Crippen LogP contribution in [0.1, 0.15) is 48.6 Å². The van der Waals surface area contributed by atoms with E-state index in [0.717, 1.165) is 32.5 Å². The van der Waals surface area contributed by atoms with Crippen LogP contribution in [0, 0.1) is 25.7 Å².